The third-order valence-electron chi connectivity index (χ3n) is 3.04. The number of nitrogens with zero attached hydrogens (tertiary/aromatic N) is 1. The molecule has 106 valence electrons. The number of esters is 1. The zero-order valence-electron chi connectivity index (χ0n) is 11.6. The fourth-order valence-corrected chi connectivity index (χ4v) is 2.25. The molecule has 0 aliphatic rings. The van der Waals surface area contributed by atoms with E-state index in [0.717, 1.165) is 0 Å². The Labute approximate surface area is 116 Å². The molecule has 2 aromatic rings. The highest BCUT2D eigenvalue weighted by molar-refractivity contribution is 6.40. The highest BCUT2D eigenvalue weighted by atomic mass is 19.1. The second-order valence-electron chi connectivity index (χ2n) is 4.72. The van der Waals surface area contributed by atoms with Crippen molar-refractivity contribution >= 4 is 22.7 Å². The number of ether oxygens (including phenoxy) is 1. The number of hydrogen-bond donors (Lipinski definition) is 0. The molecule has 0 aliphatic carbocycles. The topological polar surface area (TPSA) is 48.3 Å². The van der Waals surface area contributed by atoms with E-state index in [1.165, 1.54) is 12.1 Å². The lowest BCUT2D eigenvalue weighted by molar-refractivity contribution is -0.137. The summed E-state index contributed by atoms with van der Waals surface area (Å²) in [5.74, 6) is -2.09. The zero-order valence-corrected chi connectivity index (χ0v) is 11.6. The van der Waals surface area contributed by atoms with Gasteiger partial charge in [0.25, 0.3) is 5.78 Å². The molecule has 5 heteroatoms. The van der Waals surface area contributed by atoms with Gasteiger partial charge in [0.15, 0.2) is 0 Å². The van der Waals surface area contributed by atoms with Crippen LogP contribution in [0.4, 0.5) is 4.39 Å². The van der Waals surface area contributed by atoms with Crippen molar-refractivity contribution < 1.29 is 18.7 Å². The molecule has 0 bridgehead atoms. The summed E-state index contributed by atoms with van der Waals surface area (Å²) in [7, 11) is 0. The molecule has 0 spiro atoms. The lowest BCUT2D eigenvalue weighted by Crippen LogP contribution is -2.21. The Hall–Kier alpha value is -2.17. The van der Waals surface area contributed by atoms with Crippen molar-refractivity contribution in [1.82, 2.24) is 4.57 Å². The Balaban J connectivity index is 2.64. The van der Waals surface area contributed by atoms with Gasteiger partial charge in [-0.25, -0.2) is 9.18 Å². The molecule has 0 radical (unpaired) electrons. The Bertz CT molecular complexity index is 673. The van der Waals surface area contributed by atoms with E-state index in [4.69, 9.17) is 4.74 Å². The minimum absolute atomic E-state index is 0.0809. The van der Waals surface area contributed by atoms with Crippen LogP contribution in [-0.4, -0.2) is 22.9 Å². The van der Waals surface area contributed by atoms with Gasteiger partial charge in [0.2, 0.25) is 0 Å². The van der Waals surface area contributed by atoms with Crippen LogP contribution < -0.4 is 0 Å². The fourth-order valence-electron chi connectivity index (χ4n) is 2.25. The van der Waals surface area contributed by atoms with Crippen molar-refractivity contribution in [3.05, 3.63) is 35.8 Å². The third kappa shape index (κ3) is 2.31. The van der Waals surface area contributed by atoms with Crippen LogP contribution in [0.25, 0.3) is 10.9 Å². The minimum Gasteiger partial charge on any atom is -0.460 e. The summed E-state index contributed by atoms with van der Waals surface area (Å²) in [5.41, 5.74) is 0.742. The summed E-state index contributed by atoms with van der Waals surface area (Å²) in [5, 5.41) is 0.328. The van der Waals surface area contributed by atoms with E-state index in [9.17, 15) is 14.0 Å². The predicted molar refractivity (Wildman–Crippen MR) is 73.2 cm³/mol. The van der Waals surface area contributed by atoms with Gasteiger partial charge in [0.1, 0.15) is 5.82 Å². The fraction of sp³-hybridized carbons (Fsp3) is 0.333. The quantitative estimate of drug-likeness (QED) is 0.490. The summed E-state index contributed by atoms with van der Waals surface area (Å²) < 4.78 is 20.2. The van der Waals surface area contributed by atoms with Gasteiger partial charge in [-0.15, -0.1) is 0 Å². The van der Waals surface area contributed by atoms with E-state index in [-0.39, 0.29) is 18.3 Å². The summed E-state index contributed by atoms with van der Waals surface area (Å²) in [4.78, 5) is 23.7. The van der Waals surface area contributed by atoms with E-state index < -0.39 is 17.6 Å². The van der Waals surface area contributed by atoms with E-state index in [1.54, 1.807) is 23.6 Å². The second-order valence-corrected chi connectivity index (χ2v) is 4.72. The first-order valence-corrected chi connectivity index (χ1v) is 6.48. The molecule has 0 N–H and O–H groups in total. The van der Waals surface area contributed by atoms with Crippen LogP contribution in [0.3, 0.4) is 0 Å². The van der Waals surface area contributed by atoms with Gasteiger partial charge in [0, 0.05) is 11.4 Å². The highest BCUT2D eigenvalue weighted by Gasteiger charge is 2.25. The van der Waals surface area contributed by atoms with E-state index in [1.807, 2.05) is 13.8 Å². The van der Waals surface area contributed by atoms with E-state index >= 15 is 0 Å². The predicted octanol–water partition coefficient (Wildman–Crippen LogP) is 3.11. The van der Waals surface area contributed by atoms with Crippen molar-refractivity contribution in [2.45, 2.75) is 26.8 Å². The number of ketones is 1. The normalized spacial score (nSPS) is 11.1. The number of aromatic nitrogens is 1. The van der Waals surface area contributed by atoms with Crippen LogP contribution in [0.5, 0.6) is 0 Å². The standard InChI is InChI=1S/C15H16FNO3/c1-4-20-15(19)14(18)13-8-10-11(16)6-5-7-12(10)17(13)9(2)3/h5-9H,4H2,1-3H3. The Morgan fingerprint density at radius 2 is 2.05 bits per heavy atom. The molecule has 0 saturated heterocycles. The van der Waals surface area contributed by atoms with Crippen LogP contribution in [-0.2, 0) is 9.53 Å². The van der Waals surface area contributed by atoms with Gasteiger partial charge in [-0.1, -0.05) is 6.07 Å². The summed E-state index contributed by atoms with van der Waals surface area (Å²) >= 11 is 0. The van der Waals surface area contributed by atoms with Crippen LogP contribution in [0, 0.1) is 5.82 Å². The number of carbonyl (C=O) groups excluding carboxylic acids is 2. The maximum atomic E-state index is 13.8. The molecular weight excluding hydrogens is 261 g/mol. The molecule has 0 unspecified atom stereocenters. The largest absolute Gasteiger partial charge is 0.460 e. The molecule has 1 heterocycles. The average molecular weight is 277 g/mol. The number of fused-ring (bicyclic) bond motifs is 1. The SMILES string of the molecule is CCOC(=O)C(=O)c1cc2c(F)cccc2n1C(C)C. The van der Waals surface area contributed by atoms with Gasteiger partial charge in [-0.3, -0.25) is 4.79 Å². The van der Waals surface area contributed by atoms with Gasteiger partial charge in [-0.2, -0.15) is 0 Å². The number of hydrogen-bond acceptors (Lipinski definition) is 3. The molecule has 2 rings (SSSR count). The van der Waals surface area contributed by atoms with Crippen molar-refractivity contribution in [3.8, 4) is 0 Å². The number of rotatable bonds is 4. The molecular formula is C15H16FNO3. The Morgan fingerprint density at radius 3 is 2.65 bits per heavy atom. The third-order valence-corrected chi connectivity index (χ3v) is 3.04. The average Bonchev–Trinajstić information content (AvgIpc) is 2.79. The van der Waals surface area contributed by atoms with Gasteiger partial charge in [0.05, 0.1) is 17.8 Å². The van der Waals surface area contributed by atoms with Gasteiger partial charge in [-0.05, 0) is 39.0 Å². The number of halogens is 1. The van der Waals surface area contributed by atoms with Crippen molar-refractivity contribution in [3.63, 3.8) is 0 Å². The van der Waals surface area contributed by atoms with Crippen LogP contribution in [0.1, 0.15) is 37.3 Å². The molecule has 0 saturated carbocycles. The Kier molecular flexibility index (Phi) is 3.88. The Morgan fingerprint density at radius 1 is 1.35 bits per heavy atom. The first-order chi connectivity index (χ1) is 9.47. The smallest absolute Gasteiger partial charge is 0.381 e. The molecule has 0 fully saturated rings. The van der Waals surface area contributed by atoms with Gasteiger partial charge < -0.3 is 9.30 Å². The van der Waals surface area contributed by atoms with E-state index in [0.29, 0.717) is 10.9 Å². The number of carbonyl (C=O) groups is 2. The lowest BCUT2D eigenvalue weighted by atomic mass is 10.2. The second kappa shape index (κ2) is 5.45. The summed E-state index contributed by atoms with van der Waals surface area (Å²) in [6, 6.07) is 5.95. The monoisotopic (exact) mass is 277 g/mol. The van der Waals surface area contributed by atoms with Crippen molar-refractivity contribution in [1.29, 1.82) is 0 Å². The first-order valence-electron chi connectivity index (χ1n) is 6.48. The molecule has 0 atom stereocenters. The number of Topliss-reactive ketones (excluding diaryl/α,β-unsaturated/α-hetero) is 1. The molecule has 0 amide bonds. The van der Waals surface area contributed by atoms with Crippen molar-refractivity contribution in [2.24, 2.45) is 0 Å². The molecule has 1 aromatic carbocycles. The minimum atomic E-state index is -0.919. The van der Waals surface area contributed by atoms with E-state index in [2.05, 4.69) is 0 Å². The van der Waals surface area contributed by atoms with Crippen molar-refractivity contribution in [2.75, 3.05) is 6.61 Å². The summed E-state index contributed by atoms with van der Waals surface area (Å²) in [6.07, 6.45) is 0. The summed E-state index contributed by atoms with van der Waals surface area (Å²) in [6.45, 7) is 5.49. The van der Waals surface area contributed by atoms with Crippen LogP contribution >= 0.6 is 0 Å². The van der Waals surface area contributed by atoms with Gasteiger partial charge >= 0.3 is 5.97 Å². The zero-order chi connectivity index (χ0) is 14.9. The molecule has 1 aromatic heterocycles. The highest BCUT2D eigenvalue weighted by Crippen LogP contribution is 2.26. The lowest BCUT2D eigenvalue weighted by Gasteiger charge is -2.13. The molecule has 0 aliphatic heterocycles. The maximum Gasteiger partial charge on any atom is 0.381 e. The van der Waals surface area contributed by atoms with Crippen LogP contribution in [0.15, 0.2) is 24.3 Å². The van der Waals surface area contributed by atoms with Crippen LogP contribution in [0.2, 0.25) is 0 Å². The molecule has 4 nitrogen and oxygen atoms in total. The molecule has 20 heavy (non-hydrogen) atoms. The first kappa shape index (κ1) is 14.2. The maximum absolute atomic E-state index is 13.8. The number of benzene rings is 1.